The van der Waals surface area contributed by atoms with Gasteiger partial charge in [-0.05, 0) is 35.9 Å². The number of hydrogen-bond acceptors (Lipinski definition) is 5. The first-order chi connectivity index (χ1) is 13.2. The number of quaternary nitrogens is 1. The number of ether oxygens (including phenoxy) is 2. The molecule has 3 rings (SSSR count). The zero-order valence-corrected chi connectivity index (χ0v) is 15.3. The lowest BCUT2D eigenvalue weighted by molar-refractivity contribution is -0.921. The van der Waals surface area contributed by atoms with E-state index in [1.54, 1.807) is 25.5 Å². The molecule has 2 aromatic rings. The Hall–Kier alpha value is -2.90. The lowest BCUT2D eigenvalue weighted by atomic mass is 10.1. The zero-order valence-electron chi connectivity index (χ0n) is 15.3. The van der Waals surface area contributed by atoms with E-state index in [4.69, 9.17) is 9.47 Å². The lowest BCUT2D eigenvalue weighted by Gasteiger charge is -2.24. The highest BCUT2D eigenvalue weighted by atomic mass is 16.5. The van der Waals surface area contributed by atoms with Crippen LogP contribution >= 0.6 is 0 Å². The molecule has 0 spiro atoms. The van der Waals surface area contributed by atoms with Gasteiger partial charge in [-0.15, -0.1) is 0 Å². The molecule has 0 bridgehead atoms. The molecule has 1 saturated heterocycles. The summed E-state index contributed by atoms with van der Waals surface area (Å²) in [6.45, 7) is 4.34. The van der Waals surface area contributed by atoms with Gasteiger partial charge in [0.05, 0.1) is 32.1 Å². The minimum absolute atomic E-state index is 0.0783. The van der Waals surface area contributed by atoms with E-state index in [0.717, 1.165) is 49.7 Å². The van der Waals surface area contributed by atoms with Crippen LogP contribution in [-0.4, -0.2) is 50.6 Å². The summed E-state index contributed by atoms with van der Waals surface area (Å²) >= 11 is 0. The number of methoxy groups -OCH3 is 1. The number of carbonyl (C=O) groups is 1. The Morgan fingerprint density at radius 3 is 2.81 bits per heavy atom. The molecule has 1 heterocycles. The molecule has 0 unspecified atom stereocenters. The van der Waals surface area contributed by atoms with E-state index in [0.29, 0.717) is 0 Å². The van der Waals surface area contributed by atoms with Gasteiger partial charge in [0.25, 0.3) is 5.91 Å². The first kappa shape index (κ1) is 18.9. The van der Waals surface area contributed by atoms with Gasteiger partial charge >= 0.3 is 0 Å². The van der Waals surface area contributed by atoms with E-state index in [1.165, 1.54) is 17.0 Å². The molecule has 1 aliphatic heterocycles. The summed E-state index contributed by atoms with van der Waals surface area (Å²) in [4.78, 5) is 13.5. The minimum Gasteiger partial charge on any atom is -0.507 e. The number of para-hydroxylation sites is 1. The van der Waals surface area contributed by atoms with Crippen molar-refractivity contribution in [3.63, 3.8) is 0 Å². The maximum absolute atomic E-state index is 12.1. The first-order valence-corrected chi connectivity index (χ1v) is 8.87. The maximum Gasteiger partial charge on any atom is 0.275 e. The molecule has 1 fully saturated rings. The van der Waals surface area contributed by atoms with Crippen LogP contribution in [0.5, 0.6) is 11.5 Å². The van der Waals surface area contributed by atoms with Gasteiger partial charge in [-0.2, -0.15) is 5.10 Å². The van der Waals surface area contributed by atoms with Crippen LogP contribution in [0.2, 0.25) is 0 Å². The van der Waals surface area contributed by atoms with Crippen LogP contribution in [0.3, 0.4) is 0 Å². The standard InChI is InChI=1S/C20H23N3O4/c1-26-19-7-6-15(12-16(19)14-23-8-10-27-11-9-23)13-21-22-20(25)17-4-2-3-5-18(17)24/h2-7,12-13,24H,8-11,14H2,1H3,(H,22,25)/p+1/b21-13-. The number of phenolic OH excluding ortho intramolecular Hbond substituents is 1. The number of hydrogen-bond donors (Lipinski definition) is 3. The molecule has 7 nitrogen and oxygen atoms in total. The summed E-state index contributed by atoms with van der Waals surface area (Å²) in [5.41, 5.74) is 4.56. The monoisotopic (exact) mass is 370 g/mol. The molecule has 2 aromatic carbocycles. The molecule has 0 saturated carbocycles. The molecular formula is C20H24N3O4+. The molecule has 1 aliphatic rings. The van der Waals surface area contributed by atoms with Gasteiger partial charge in [-0.25, -0.2) is 5.43 Å². The molecule has 1 amide bonds. The highest BCUT2D eigenvalue weighted by Gasteiger charge is 2.17. The number of benzene rings is 2. The number of rotatable bonds is 6. The van der Waals surface area contributed by atoms with E-state index in [-0.39, 0.29) is 11.3 Å². The van der Waals surface area contributed by atoms with Crippen molar-refractivity contribution in [1.82, 2.24) is 5.43 Å². The van der Waals surface area contributed by atoms with Gasteiger partial charge in [0, 0.05) is 5.56 Å². The highest BCUT2D eigenvalue weighted by molar-refractivity contribution is 5.97. The van der Waals surface area contributed by atoms with Gasteiger partial charge in [0.2, 0.25) is 0 Å². The average molecular weight is 370 g/mol. The largest absolute Gasteiger partial charge is 0.507 e. The Balaban J connectivity index is 1.67. The number of aromatic hydroxyl groups is 1. The van der Waals surface area contributed by atoms with Crippen molar-refractivity contribution >= 4 is 12.1 Å². The fourth-order valence-corrected chi connectivity index (χ4v) is 3.01. The van der Waals surface area contributed by atoms with Gasteiger partial charge < -0.3 is 19.5 Å². The highest BCUT2D eigenvalue weighted by Crippen LogP contribution is 2.18. The van der Waals surface area contributed by atoms with Crippen molar-refractivity contribution < 1.29 is 24.3 Å². The van der Waals surface area contributed by atoms with Crippen LogP contribution in [0.15, 0.2) is 47.6 Å². The third-order valence-corrected chi connectivity index (χ3v) is 4.47. The summed E-state index contributed by atoms with van der Waals surface area (Å²) in [6, 6.07) is 12.1. The quantitative estimate of drug-likeness (QED) is 0.513. The van der Waals surface area contributed by atoms with E-state index in [2.05, 4.69) is 10.5 Å². The average Bonchev–Trinajstić information content (AvgIpc) is 2.69. The van der Waals surface area contributed by atoms with Crippen LogP contribution in [0, 0.1) is 0 Å². The molecule has 0 aliphatic carbocycles. The third-order valence-electron chi connectivity index (χ3n) is 4.47. The smallest absolute Gasteiger partial charge is 0.275 e. The van der Waals surface area contributed by atoms with Crippen LogP contribution in [0.1, 0.15) is 21.5 Å². The van der Waals surface area contributed by atoms with Gasteiger partial charge in [-0.3, -0.25) is 4.79 Å². The maximum atomic E-state index is 12.1. The van der Waals surface area contributed by atoms with E-state index < -0.39 is 5.91 Å². The van der Waals surface area contributed by atoms with Crippen molar-refractivity contribution in [3.8, 4) is 11.5 Å². The fraction of sp³-hybridized carbons (Fsp3) is 0.300. The van der Waals surface area contributed by atoms with Crippen molar-refractivity contribution in [2.45, 2.75) is 6.54 Å². The predicted octanol–water partition coefficient (Wildman–Crippen LogP) is 0.580. The molecule has 0 atom stereocenters. The Morgan fingerprint density at radius 2 is 2.07 bits per heavy atom. The lowest BCUT2D eigenvalue weighted by Crippen LogP contribution is -3.12. The second-order valence-corrected chi connectivity index (χ2v) is 6.33. The van der Waals surface area contributed by atoms with Crippen LogP contribution < -0.4 is 15.1 Å². The van der Waals surface area contributed by atoms with Crippen molar-refractivity contribution in [2.75, 3.05) is 33.4 Å². The Labute approximate surface area is 158 Å². The number of amides is 1. The molecule has 142 valence electrons. The van der Waals surface area contributed by atoms with Crippen LogP contribution in [-0.2, 0) is 11.3 Å². The second kappa shape index (κ2) is 9.16. The number of nitrogens with one attached hydrogen (secondary N) is 2. The summed E-state index contributed by atoms with van der Waals surface area (Å²) < 4.78 is 10.9. The summed E-state index contributed by atoms with van der Waals surface area (Å²) in [7, 11) is 1.66. The molecule has 27 heavy (non-hydrogen) atoms. The van der Waals surface area contributed by atoms with Crippen molar-refractivity contribution in [2.24, 2.45) is 5.10 Å². The summed E-state index contributed by atoms with van der Waals surface area (Å²) in [6.07, 6.45) is 1.58. The zero-order chi connectivity index (χ0) is 19.1. The van der Waals surface area contributed by atoms with Crippen molar-refractivity contribution in [1.29, 1.82) is 0 Å². The number of hydrazone groups is 1. The summed E-state index contributed by atoms with van der Waals surface area (Å²) in [5.74, 6) is 0.297. The van der Waals surface area contributed by atoms with E-state index in [9.17, 15) is 9.90 Å². The molecular weight excluding hydrogens is 346 g/mol. The number of phenols is 1. The minimum atomic E-state index is -0.462. The third kappa shape index (κ3) is 5.06. The first-order valence-electron chi connectivity index (χ1n) is 8.87. The van der Waals surface area contributed by atoms with E-state index >= 15 is 0 Å². The molecule has 0 radical (unpaired) electrons. The fourth-order valence-electron chi connectivity index (χ4n) is 3.01. The topological polar surface area (TPSA) is 84.6 Å². The van der Waals surface area contributed by atoms with Gasteiger partial charge in [-0.1, -0.05) is 12.1 Å². The number of morpholine rings is 1. The van der Waals surface area contributed by atoms with Gasteiger partial charge in [0.1, 0.15) is 31.1 Å². The van der Waals surface area contributed by atoms with Crippen molar-refractivity contribution in [3.05, 3.63) is 59.2 Å². The number of carbonyl (C=O) groups excluding carboxylic acids is 1. The SMILES string of the molecule is COc1ccc(/C=N\NC(=O)c2ccccc2O)cc1C[NH+]1CCOCC1. The van der Waals surface area contributed by atoms with Gasteiger partial charge in [0.15, 0.2) is 0 Å². The van der Waals surface area contributed by atoms with E-state index in [1.807, 2.05) is 18.2 Å². The molecule has 7 heteroatoms. The van der Waals surface area contributed by atoms with Crippen LogP contribution in [0.25, 0.3) is 0 Å². The normalized spacial score (nSPS) is 15.0. The molecule has 0 aromatic heterocycles. The Bertz CT molecular complexity index is 817. The molecule has 3 N–H and O–H groups in total. The predicted molar refractivity (Wildman–Crippen MR) is 101 cm³/mol. The summed E-state index contributed by atoms with van der Waals surface area (Å²) in [5, 5.41) is 13.7. The van der Waals surface area contributed by atoms with Crippen LogP contribution in [0.4, 0.5) is 0 Å². The Kier molecular flexibility index (Phi) is 6.40. The number of nitrogens with zero attached hydrogens (tertiary/aromatic N) is 1. The second-order valence-electron chi connectivity index (χ2n) is 6.33. The Morgan fingerprint density at radius 1 is 1.30 bits per heavy atom.